The Morgan fingerprint density at radius 2 is 2.02 bits per heavy atom. The van der Waals surface area contributed by atoms with Gasteiger partial charge < -0.3 is 24.6 Å². The number of nitrogens with zero attached hydrogens (tertiary/aromatic N) is 3. The summed E-state index contributed by atoms with van der Waals surface area (Å²) in [6, 6.07) is 10.6. The molecule has 3 atom stereocenters. The maximum atomic E-state index is 13.9. The third-order valence-electron chi connectivity index (χ3n) is 7.58. The van der Waals surface area contributed by atoms with Gasteiger partial charge in [0.05, 0.1) is 12.6 Å². The molecular formula is C28H26N4O8S2. The number of nitrogens with one attached hydrogen (secondary N) is 1. The van der Waals surface area contributed by atoms with E-state index < -0.39 is 52.5 Å². The van der Waals surface area contributed by atoms with Gasteiger partial charge in [0, 0.05) is 34.9 Å². The molecule has 0 radical (unpaired) electrons. The van der Waals surface area contributed by atoms with Crippen LogP contribution in [-0.4, -0.2) is 66.6 Å². The number of sulfonamides is 1. The molecule has 5 heterocycles. The number of ketones is 1. The minimum atomic E-state index is -4.17. The number of para-hydroxylation sites is 1. The van der Waals surface area contributed by atoms with Crippen LogP contribution >= 0.6 is 11.3 Å². The molecule has 42 heavy (non-hydrogen) atoms. The van der Waals surface area contributed by atoms with Crippen LogP contribution in [0, 0.1) is 12.1 Å². The highest BCUT2D eigenvalue weighted by Gasteiger charge is 2.54. The Labute approximate surface area is 244 Å². The number of rotatable bonds is 7. The molecule has 0 bridgehead atoms. The van der Waals surface area contributed by atoms with Crippen molar-refractivity contribution in [2.24, 2.45) is 0 Å². The minimum absolute atomic E-state index is 0.00407. The fourth-order valence-corrected chi connectivity index (χ4v) is 7.98. The lowest BCUT2D eigenvalue weighted by molar-refractivity contribution is -0.607. The summed E-state index contributed by atoms with van der Waals surface area (Å²) in [4.78, 5) is 42.0. The van der Waals surface area contributed by atoms with Crippen molar-refractivity contribution in [2.45, 2.75) is 42.8 Å². The fourth-order valence-electron chi connectivity index (χ4n) is 5.60. The van der Waals surface area contributed by atoms with Crippen molar-refractivity contribution >= 4 is 50.1 Å². The molecule has 218 valence electrons. The molecule has 0 saturated carbocycles. The Hall–Kier alpha value is -4.27. The molecule has 2 amide bonds. The van der Waals surface area contributed by atoms with Gasteiger partial charge in [0.15, 0.2) is 18.2 Å². The van der Waals surface area contributed by atoms with Gasteiger partial charge >= 0.3 is 6.09 Å². The Bertz CT molecular complexity index is 1790. The van der Waals surface area contributed by atoms with Gasteiger partial charge in [-0.2, -0.15) is 9.04 Å². The number of hydrogen-bond donors (Lipinski definition) is 1. The topological polar surface area (TPSA) is 153 Å². The molecule has 6 rings (SSSR count). The molecule has 3 aromatic heterocycles. The number of Topliss-reactive ketones (excluding diaryl/α,β-unsaturated/α-hetero) is 1. The molecule has 2 fully saturated rings. The Morgan fingerprint density at radius 3 is 2.76 bits per heavy atom. The lowest BCUT2D eigenvalue weighted by atomic mass is 10.1. The zero-order chi connectivity index (χ0) is 29.6. The van der Waals surface area contributed by atoms with Crippen molar-refractivity contribution < 1.29 is 36.7 Å². The summed E-state index contributed by atoms with van der Waals surface area (Å²) in [5, 5.41) is 17.0. The number of aromatic nitrogens is 1. The number of hydrogen-bond acceptors (Lipinski definition) is 9. The van der Waals surface area contributed by atoms with E-state index in [1.165, 1.54) is 28.4 Å². The summed E-state index contributed by atoms with van der Waals surface area (Å²) in [5.74, 6) is -0.959. The van der Waals surface area contributed by atoms with Crippen molar-refractivity contribution in [3.63, 3.8) is 0 Å². The molecule has 0 aliphatic carbocycles. The second kappa shape index (κ2) is 10.9. The summed E-state index contributed by atoms with van der Waals surface area (Å²) in [7, 11) is -4.17. The number of likely N-dealkylation sites (tertiary alicyclic amines) is 1. The largest absolute Gasteiger partial charge is 0.619 e. The summed E-state index contributed by atoms with van der Waals surface area (Å²) in [6.07, 6.45) is 1.55. The number of amides is 2. The summed E-state index contributed by atoms with van der Waals surface area (Å²) >= 11 is 1.41. The van der Waals surface area contributed by atoms with Crippen molar-refractivity contribution in [1.29, 1.82) is 0 Å². The van der Waals surface area contributed by atoms with E-state index in [0.29, 0.717) is 15.9 Å². The number of carbonyl (C=O) groups excluding carboxylic acids is 3. The van der Waals surface area contributed by atoms with Crippen LogP contribution in [0.3, 0.4) is 0 Å². The van der Waals surface area contributed by atoms with E-state index in [1.807, 2.05) is 29.6 Å². The quantitative estimate of drug-likeness (QED) is 0.247. The number of carbonyl (C=O) groups is 3. The van der Waals surface area contributed by atoms with E-state index >= 15 is 0 Å². The second-order valence-electron chi connectivity index (χ2n) is 10.1. The van der Waals surface area contributed by atoms with Gasteiger partial charge in [-0.25, -0.2) is 13.2 Å². The highest BCUT2D eigenvalue weighted by atomic mass is 32.2. The fraction of sp³-hybridized carbons (Fsp3) is 0.286. The van der Waals surface area contributed by atoms with E-state index in [4.69, 9.17) is 9.15 Å². The molecule has 4 aromatic rings. The van der Waals surface area contributed by atoms with Crippen LogP contribution in [0.1, 0.15) is 16.9 Å². The van der Waals surface area contributed by atoms with Crippen molar-refractivity contribution in [3.05, 3.63) is 82.0 Å². The highest BCUT2D eigenvalue weighted by molar-refractivity contribution is 7.89. The third-order valence-corrected chi connectivity index (χ3v) is 10.3. The molecule has 0 spiro atoms. The van der Waals surface area contributed by atoms with Gasteiger partial charge in [0.25, 0.3) is 5.95 Å². The van der Waals surface area contributed by atoms with Crippen molar-refractivity contribution in [1.82, 2.24) is 14.5 Å². The number of ether oxygens (including phenoxy) is 1. The van der Waals surface area contributed by atoms with Crippen molar-refractivity contribution in [3.8, 4) is 5.95 Å². The van der Waals surface area contributed by atoms with Gasteiger partial charge in [0.2, 0.25) is 15.9 Å². The number of aryl methyl sites for hydroxylation is 1. The molecule has 1 aromatic carbocycles. The average Bonchev–Trinajstić information content (AvgIpc) is 3.75. The van der Waals surface area contributed by atoms with Gasteiger partial charge in [0.1, 0.15) is 22.6 Å². The smallest absolute Gasteiger partial charge is 0.415 e. The monoisotopic (exact) mass is 610 g/mol. The SMILES string of the molecule is Cc1c(OC(=O)NC(Cc2cccs2)C(=O)N2CCC3C2C(=O)CN3S(=O)(=O)c2ccc[n+]([O-])c2)oc2ccccc12. The van der Waals surface area contributed by atoms with E-state index in [1.54, 1.807) is 19.1 Å². The molecule has 12 nitrogen and oxygen atoms in total. The summed E-state index contributed by atoms with van der Waals surface area (Å²) < 4.78 is 39.2. The lowest BCUT2D eigenvalue weighted by Crippen LogP contribution is -2.53. The minimum Gasteiger partial charge on any atom is -0.619 e. The standard InChI is InChI=1S/C28H26N4O8S2/c1-17-20-8-2-3-9-24(20)39-27(17)40-28(35)29-21(14-18-6-5-13-41-18)26(34)31-12-10-22-25(31)23(33)16-32(22)42(37,38)19-7-4-11-30(36)15-19/h2-9,11,13,15,21-22,25H,10,12,14,16H2,1H3,(H,29,35). The van der Waals surface area contributed by atoms with Crippen molar-refractivity contribution in [2.75, 3.05) is 13.1 Å². The van der Waals surface area contributed by atoms with E-state index in [0.717, 1.165) is 27.0 Å². The average molecular weight is 611 g/mol. The Morgan fingerprint density at radius 1 is 1.21 bits per heavy atom. The van der Waals surface area contributed by atoms with Gasteiger partial charge in [-0.15, -0.1) is 11.3 Å². The van der Waals surface area contributed by atoms with Gasteiger partial charge in [-0.05, 0) is 36.9 Å². The molecule has 2 aliphatic rings. The van der Waals surface area contributed by atoms with E-state index in [2.05, 4.69) is 5.32 Å². The van der Waals surface area contributed by atoms with Gasteiger partial charge in [-0.1, -0.05) is 24.3 Å². The predicted octanol–water partition coefficient (Wildman–Crippen LogP) is 2.38. The maximum Gasteiger partial charge on any atom is 0.415 e. The highest BCUT2D eigenvalue weighted by Crippen LogP contribution is 2.35. The predicted molar refractivity (Wildman–Crippen MR) is 150 cm³/mol. The molecule has 1 N–H and O–H groups in total. The summed E-state index contributed by atoms with van der Waals surface area (Å²) in [5.41, 5.74) is 1.18. The van der Waals surface area contributed by atoms with E-state index in [9.17, 15) is 28.0 Å². The molecule has 3 unspecified atom stereocenters. The van der Waals surface area contributed by atoms with Crippen LogP contribution in [0.2, 0.25) is 0 Å². The molecule has 2 aliphatic heterocycles. The molecule has 2 saturated heterocycles. The Balaban J connectivity index is 1.22. The second-order valence-corrected chi connectivity index (χ2v) is 13.1. The Kier molecular flexibility index (Phi) is 7.20. The van der Waals surface area contributed by atoms with Gasteiger partial charge in [-0.3, -0.25) is 9.59 Å². The van der Waals surface area contributed by atoms with Crippen LogP contribution in [-0.2, 0) is 26.0 Å². The van der Waals surface area contributed by atoms with E-state index in [-0.39, 0.29) is 30.2 Å². The number of thiophene rings is 1. The van der Waals surface area contributed by atoms with Crippen LogP contribution in [0.25, 0.3) is 11.0 Å². The number of benzene rings is 1. The first kappa shape index (κ1) is 27.9. The van der Waals surface area contributed by atoms with Crippen LogP contribution in [0.4, 0.5) is 4.79 Å². The molecule has 14 heteroatoms. The maximum absolute atomic E-state index is 13.9. The first-order valence-electron chi connectivity index (χ1n) is 13.2. The lowest BCUT2D eigenvalue weighted by Gasteiger charge is -2.28. The third kappa shape index (κ3) is 5.01. The normalized spacial score (nSPS) is 19.6. The number of fused-ring (bicyclic) bond motifs is 2. The summed E-state index contributed by atoms with van der Waals surface area (Å²) in [6.45, 7) is 1.44. The van der Waals surface area contributed by atoms with Crippen LogP contribution < -0.4 is 14.8 Å². The zero-order valence-electron chi connectivity index (χ0n) is 22.3. The first-order chi connectivity index (χ1) is 20.1. The van der Waals surface area contributed by atoms with Crippen LogP contribution in [0.5, 0.6) is 5.95 Å². The first-order valence-corrected chi connectivity index (χ1v) is 15.5. The van der Waals surface area contributed by atoms with Crippen LogP contribution in [0.15, 0.2) is 75.6 Å². The number of furan rings is 1. The number of pyridine rings is 1. The molecular weight excluding hydrogens is 584 g/mol. The zero-order valence-corrected chi connectivity index (χ0v) is 24.0.